The second kappa shape index (κ2) is 7.71. The van der Waals surface area contributed by atoms with Crippen LogP contribution in [0, 0.1) is 6.92 Å². The Balaban J connectivity index is 2.00. The van der Waals surface area contributed by atoms with Gasteiger partial charge in [-0.05, 0) is 25.7 Å². The van der Waals surface area contributed by atoms with Crippen molar-refractivity contribution in [3.8, 4) is 22.0 Å². The van der Waals surface area contributed by atoms with Crippen LogP contribution in [0.2, 0.25) is 0 Å². The predicted octanol–water partition coefficient (Wildman–Crippen LogP) is 5.78. The number of aryl methyl sites for hydroxylation is 1. The number of pyridine rings is 1. The molecule has 1 unspecified atom stereocenters. The Hall–Kier alpha value is -1.94. The summed E-state index contributed by atoms with van der Waals surface area (Å²) in [6.45, 7) is 4.11. The molecule has 4 heterocycles. The van der Waals surface area contributed by atoms with Gasteiger partial charge in [-0.3, -0.25) is 0 Å². The normalized spacial score (nSPS) is 14.9. The molecule has 29 heavy (non-hydrogen) atoms. The third-order valence-electron chi connectivity index (χ3n) is 5.11. The quantitative estimate of drug-likeness (QED) is 0.391. The lowest BCUT2D eigenvalue weighted by Gasteiger charge is -2.28. The third-order valence-corrected chi connectivity index (χ3v) is 10.2. The van der Waals surface area contributed by atoms with Crippen LogP contribution in [0.15, 0.2) is 28.0 Å². The molecule has 1 atom stereocenters. The summed E-state index contributed by atoms with van der Waals surface area (Å²) in [6.07, 6.45) is 7.60. The third kappa shape index (κ3) is 3.56. The number of aromatic nitrogens is 4. The van der Waals surface area contributed by atoms with Gasteiger partial charge in [0.25, 0.3) is 0 Å². The zero-order valence-electron chi connectivity index (χ0n) is 17.0. The molecule has 0 aliphatic rings. The van der Waals surface area contributed by atoms with Crippen LogP contribution < -0.4 is 5.73 Å². The number of thiazole rings is 1. The fourth-order valence-electron chi connectivity index (χ4n) is 3.36. The molecule has 6 nitrogen and oxygen atoms in total. The minimum Gasteiger partial charge on any atom is -0.397 e. The largest absolute Gasteiger partial charge is 0.397 e. The van der Waals surface area contributed by atoms with E-state index in [9.17, 15) is 4.55 Å². The van der Waals surface area contributed by atoms with Crippen LogP contribution in [0.5, 0.6) is 0 Å². The van der Waals surface area contributed by atoms with Crippen LogP contribution in [0.3, 0.4) is 0 Å². The molecule has 0 bridgehead atoms. The number of rotatable bonds is 6. The highest BCUT2D eigenvalue weighted by Crippen LogP contribution is 2.58. The van der Waals surface area contributed by atoms with Crippen LogP contribution >= 0.6 is 33.0 Å². The van der Waals surface area contributed by atoms with Crippen molar-refractivity contribution in [2.45, 2.75) is 30.9 Å². The Morgan fingerprint density at radius 1 is 1.31 bits per heavy atom. The molecular weight excluding hydrogens is 422 g/mol. The number of unbranched alkanes of at least 4 members (excludes halogenated alkanes) is 1. The molecule has 0 aliphatic carbocycles. The molecule has 0 radical (unpaired) electrons. The summed E-state index contributed by atoms with van der Waals surface area (Å²) in [7, 11) is 0.0317. The van der Waals surface area contributed by atoms with Crippen molar-refractivity contribution >= 4 is 48.9 Å². The summed E-state index contributed by atoms with van der Waals surface area (Å²) < 4.78 is 14.2. The summed E-state index contributed by atoms with van der Waals surface area (Å²) in [5.41, 5.74) is 10.1. The summed E-state index contributed by atoms with van der Waals surface area (Å²) in [6, 6.07) is 2.04. The number of hydrogen-bond acceptors (Lipinski definition) is 7. The van der Waals surface area contributed by atoms with Crippen molar-refractivity contribution in [3.63, 3.8) is 0 Å². The molecule has 9 heteroatoms. The zero-order valence-corrected chi connectivity index (χ0v) is 19.4. The molecule has 0 saturated heterocycles. The van der Waals surface area contributed by atoms with Gasteiger partial charge in [0, 0.05) is 35.3 Å². The minimum atomic E-state index is -1.97. The lowest BCUT2D eigenvalue weighted by atomic mass is 10.1. The Morgan fingerprint density at radius 2 is 2.10 bits per heavy atom. The minimum absolute atomic E-state index is 0.646. The maximum absolute atomic E-state index is 11.2. The molecule has 3 N–H and O–H groups in total. The number of nitrogens with two attached hydrogens (primary N) is 1. The van der Waals surface area contributed by atoms with Gasteiger partial charge in [-0.2, -0.15) is 0 Å². The smallest absolute Gasteiger partial charge is 0.141 e. The Morgan fingerprint density at radius 3 is 2.72 bits per heavy atom. The van der Waals surface area contributed by atoms with E-state index in [0.29, 0.717) is 5.69 Å². The highest BCUT2D eigenvalue weighted by Gasteiger charge is 2.27. The van der Waals surface area contributed by atoms with Crippen LogP contribution in [0.25, 0.3) is 32.2 Å². The molecule has 0 spiro atoms. The van der Waals surface area contributed by atoms with Gasteiger partial charge < -0.3 is 14.9 Å². The van der Waals surface area contributed by atoms with Crippen LogP contribution in [-0.4, -0.2) is 36.1 Å². The first-order valence-corrected chi connectivity index (χ1v) is 13.3. The van der Waals surface area contributed by atoms with Gasteiger partial charge in [-0.25, -0.2) is 15.0 Å². The fourth-order valence-corrected chi connectivity index (χ4v) is 7.63. The number of nitrogens with zero attached hydrogens (tertiary/aromatic N) is 4. The molecule has 0 aliphatic heterocycles. The van der Waals surface area contributed by atoms with Gasteiger partial charge >= 0.3 is 0 Å². The van der Waals surface area contributed by atoms with Crippen molar-refractivity contribution in [3.05, 3.63) is 29.7 Å². The Labute approximate surface area is 180 Å². The molecule has 0 saturated carbocycles. The molecule has 154 valence electrons. The monoisotopic (exact) mass is 447 g/mol. The van der Waals surface area contributed by atoms with Gasteiger partial charge in [0.2, 0.25) is 0 Å². The number of fused-ring (bicyclic) bond motifs is 1. The summed E-state index contributed by atoms with van der Waals surface area (Å²) in [5, 5.41) is 3.71. The van der Waals surface area contributed by atoms with E-state index in [1.165, 1.54) is 11.3 Å². The molecule has 4 aromatic rings. The average Bonchev–Trinajstić information content (AvgIpc) is 3.41. The van der Waals surface area contributed by atoms with Crippen LogP contribution in [-0.2, 0) is 7.05 Å². The summed E-state index contributed by atoms with van der Waals surface area (Å²) in [4.78, 5) is 14.6. The van der Waals surface area contributed by atoms with E-state index in [2.05, 4.69) is 21.5 Å². The van der Waals surface area contributed by atoms with E-state index in [0.717, 1.165) is 60.8 Å². The van der Waals surface area contributed by atoms with Gasteiger partial charge in [-0.15, -0.1) is 33.0 Å². The fraction of sp³-hybridized carbons (Fsp3) is 0.350. The van der Waals surface area contributed by atoms with E-state index >= 15 is 0 Å². The van der Waals surface area contributed by atoms with Crippen molar-refractivity contribution < 1.29 is 4.55 Å². The lowest BCUT2D eigenvalue weighted by Crippen LogP contribution is -2.03. The van der Waals surface area contributed by atoms with E-state index in [-0.39, 0.29) is 0 Å². The van der Waals surface area contributed by atoms with Gasteiger partial charge in [0.05, 0.1) is 21.8 Å². The summed E-state index contributed by atoms with van der Waals surface area (Å²) >= 11 is 3.07. The van der Waals surface area contributed by atoms with Crippen molar-refractivity contribution in [1.29, 1.82) is 0 Å². The van der Waals surface area contributed by atoms with E-state index < -0.39 is 10.3 Å². The van der Waals surface area contributed by atoms with Crippen molar-refractivity contribution in [2.75, 3.05) is 17.7 Å². The lowest BCUT2D eigenvalue weighted by molar-refractivity contribution is 0.628. The summed E-state index contributed by atoms with van der Waals surface area (Å²) in [5.74, 6) is 1.68. The Kier molecular flexibility index (Phi) is 5.41. The standard InChI is InChI=1S/C20H25N5OS3/c1-5-6-9-29(4,26)20-17(21)16-13(15-11-23-12(2)25(15)3)10-14(24-19(16)28-20)18-22-7-8-27-18/h7-8,10-11,26H,5-6,9,21H2,1-4H3. The molecule has 0 amide bonds. The highest BCUT2D eigenvalue weighted by molar-refractivity contribution is 8.29. The van der Waals surface area contributed by atoms with Gasteiger partial charge in [-0.1, -0.05) is 13.3 Å². The van der Waals surface area contributed by atoms with Crippen LogP contribution in [0.1, 0.15) is 25.6 Å². The zero-order chi connectivity index (χ0) is 20.8. The first-order valence-electron chi connectivity index (χ1n) is 9.43. The van der Waals surface area contributed by atoms with Crippen molar-refractivity contribution in [2.24, 2.45) is 7.05 Å². The van der Waals surface area contributed by atoms with Gasteiger partial charge in [0.15, 0.2) is 0 Å². The molecule has 0 fully saturated rings. The number of imidazole rings is 1. The second-order valence-corrected chi connectivity index (χ2v) is 12.3. The average molecular weight is 448 g/mol. The molecule has 0 aromatic carbocycles. The highest BCUT2D eigenvalue weighted by atomic mass is 32.3. The number of anilines is 1. The molecule has 4 rings (SSSR count). The maximum atomic E-state index is 11.2. The van der Waals surface area contributed by atoms with E-state index in [1.807, 2.05) is 37.9 Å². The van der Waals surface area contributed by atoms with E-state index in [1.54, 1.807) is 17.5 Å². The second-order valence-electron chi connectivity index (χ2n) is 7.22. The number of thiophene rings is 1. The SMILES string of the molecule is CCCCS(C)(O)c1sc2nc(-c3nccs3)cc(-c3cnc(C)n3C)c2c1N. The topological polar surface area (TPSA) is 89.9 Å². The molecular formula is C20H25N5OS3. The van der Waals surface area contributed by atoms with Gasteiger partial charge in [0.1, 0.15) is 21.4 Å². The van der Waals surface area contributed by atoms with Crippen LogP contribution in [0.4, 0.5) is 5.69 Å². The first kappa shape index (κ1) is 20.3. The number of hydrogen-bond donors (Lipinski definition) is 2. The van der Waals surface area contributed by atoms with Crippen molar-refractivity contribution in [1.82, 2.24) is 19.5 Å². The maximum Gasteiger partial charge on any atom is 0.141 e. The first-order chi connectivity index (χ1) is 13.8. The van der Waals surface area contributed by atoms with E-state index in [4.69, 9.17) is 10.7 Å². The molecule has 4 aromatic heterocycles. The number of nitrogen functional groups attached to an aromatic ring is 1. The predicted molar refractivity (Wildman–Crippen MR) is 126 cm³/mol. The Bertz CT molecular complexity index is 1160.